The molecular weight excluding hydrogens is 266 g/mol. The lowest BCUT2D eigenvalue weighted by Crippen LogP contribution is -2.19. The number of nitrogens with zero attached hydrogens (tertiary/aromatic N) is 2. The van der Waals surface area contributed by atoms with E-state index < -0.39 is 0 Å². The van der Waals surface area contributed by atoms with Gasteiger partial charge in [-0.15, -0.1) is 21.5 Å². The highest BCUT2D eigenvalue weighted by atomic mass is 32.1. The molecule has 1 aliphatic carbocycles. The van der Waals surface area contributed by atoms with E-state index in [1.165, 1.54) is 29.5 Å². The molecule has 0 unspecified atom stereocenters. The van der Waals surface area contributed by atoms with Gasteiger partial charge in [-0.3, -0.25) is 0 Å². The first-order chi connectivity index (χ1) is 9.70. The quantitative estimate of drug-likeness (QED) is 0.887. The van der Waals surface area contributed by atoms with Crippen LogP contribution in [0.2, 0.25) is 0 Å². The Morgan fingerprint density at radius 2 is 2.00 bits per heavy atom. The molecule has 0 saturated heterocycles. The number of nitrogens with one attached hydrogen (secondary N) is 1. The zero-order chi connectivity index (χ0) is 13.9. The highest BCUT2D eigenvalue weighted by Gasteiger charge is 2.19. The summed E-state index contributed by atoms with van der Waals surface area (Å²) in [5.41, 5.74) is 4.01. The monoisotopic (exact) mass is 287 g/mol. The van der Waals surface area contributed by atoms with Gasteiger partial charge >= 0.3 is 0 Å². The Labute approximate surface area is 124 Å². The first-order valence-corrected chi connectivity index (χ1v) is 8.13. The Balaban J connectivity index is 1.59. The standard InChI is InChI=1S/C16H21N3S/c1-11-3-4-12(2)13(9-11)10-16-19-18-15(20-16)7-8-17-14-5-6-14/h3-4,9,14,17H,5-8,10H2,1-2H3. The van der Waals surface area contributed by atoms with Gasteiger partial charge in [0, 0.05) is 25.4 Å². The zero-order valence-electron chi connectivity index (χ0n) is 12.1. The molecule has 3 nitrogen and oxygen atoms in total. The van der Waals surface area contributed by atoms with Crippen molar-refractivity contribution in [3.63, 3.8) is 0 Å². The van der Waals surface area contributed by atoms with Crippen molar-refractivity contribution in [3.05, 3.63) is 44.9 Å². The summed E-state index contributed by atoms with van der Waals surface area (Å²) in [6.45, 7) is 5.33. The van der Waals surface area contributed by atoms with Crippen molar-refractivity contribution < 1.29 is 0 Å². The van der Waals surface area contributed by atoms with E-state index >= 15 is 0 Å². The summed E-state index contributed by atoms with van der Waals surface area (Å²) >= 11 is 1.75. The maximum atomic E-state index is 4.34. The van der Waals surface area contributed by atoms with Gasteiger partial charge in [-0.1, -0.05) is 23.8 Å². The van der Waals surface area contributed by atoms with Gasteiger partial charge in [0.1, 0.15) is 10.0 Å². The van der Waals surface area contributed by atoms with E-state index in [4.69, 9.17) is 0 Å². The first kappa shape index (κ1) is 13.7. The van der Waals surface area contributed by atoms with Crippen LogP contribution in [0.1, 0.15) is 39.5 Å². The Hall–Kier alpha value is -1.26. The summed E-state index contributed by atoms with van der Waals surface area (Å²) in [6, 6.07) is 7.38. The molecule has 1 fully saturated rings. The van der Waals surface area contributed by atoms with E-state index in [0.717, 1.165) is 35.4 Å². The maximum absolute atomic E-state index is 4.34. The van der Waals surface area contributed by atoms with E-state index in [1.54, 1.807) is 11.3 Å². The molecule has 1 heterocycles. The Morgan fingerprint density at radius 1 is 1.20 bits per heavy atom. The summed E-state index contributed by atoms with van der Waals surface area (Å²) < 4.78 is 0. The van der Waals surface area contributed by atoms with E-state index in [9.17, 15) is 0 Å². The van der Waals surface area contributed by atoms with Crippen LogP contribution < -0.4 is 5.32 Å². The summed E-state index contributed by atoms with van der Waals surface area (Å²) in [7, 11) is 0. The van der Waals surface area contributed by atoms with Crippen molar-refractivity contribution in [2.75, 3.05) is 6.54 Å². The van der Waals surface area contributed by atoms with Crippen LogP contribution in [0.15, 0.2) is 18.2 Å². The lowest BCUT2D eigenvalue weighted by atomic mass is 10.0. The summed E-state index contributed by atoms with van der Waals surface area (Å²) in [5, 5.41) is 14.4. The van der Waals surface area contributed by atoms with Gasteiger partial charge in [-0.05, 0) is 37.8 Å². The SMILES string of the molecule is Cc1ccc(C)c(Cc2nnc(CCNC3CC3)s2)c1. The van der Waals surface area contributed by atoms with Gasteiger partial charge in [0.05, 0.1) is 0 Å². The molecule has 20 heavy (non-hydrogen) atoms. The molecule has 0 atom stereocenters. The minimum atomic E-state index is 0.775. The van der Waals surface area contributed by atoms with E-state index in [1.807, 2.05) is 0 Å². The second kappa shape index (κ2) is 6.02. The number of benzene rings is 1. The fourth-order valence-corrected chi connectivity index (χ4v) is 3.15. The molecule has 106 valence electrons. The van der Waals surface area contributed by atoms with Crippen LogP contribution in [-0.2, 0) is 12.8 Å². The van der Waals surface area contributed by atoms with Gasteiger partial charge < -0.3 is 5.32 Å². The minimum absolute atomic E-state index is 0.775. The minimum Gasteiger partial charge on any atom is -0.314 e. The van der Waals surface area contributed by atoms with E-state index in [2.05, 4.69) is 47.6 Å². The molecule has 1 N–H and O–H groups in total. The number of rotatable bonds is 6. The van der Waals surface area contributed by atoms with Crippen LogP contribution in [0, 0.1) is 13.8 Å². The summed E-state index contributed by atoms with van der Waals surface area (Å²) in [4.78, 5) is 0. The molecule has 4 heteroatoms. The fourth-order valence-electron chi connectivity index (χ4n) is 2.29. The van der Waals surface area contributed by atoms with Gasteiger partial charge in [0.2, 0.25) is 0 Å². The molecule has 1 aliphatic rings. The van der Waals surface area contributed by atoms with E-state index in [-0.39, 0.29) is 0 Å². The third-order valence-electron chi connectivity index (χ3n) is 3.70. The van der Waals surface area contributed by atoms with Crippen LogP contribution in [0.25, 0.3) is 0 Å². The third kappa shape index (κ3) is 3.64. The molecule has 1 aromatic carbocycles. The molecule has 2 aromatic rings. The summed E-state index contributed by atoms with van der Waals surface area (Å²) in [5.74, 6) is 0. The van der Waals surface area contributed by atoms with Crippen molar-refractivity contribution in [2.45, 2.75) is 45.6 Å². The average Bonchev–Trinajstić information content (AvgIpc) is 3.14. The second-order valence-electron chi connectivity index (χ2n) is 5.67. The molecule has 0 bridgehead atoms. The highest BCUT2D eigenvalue weighted by Crippen LogP contribution is 2.20. The second-order valence-corrected chi connectivity index (χ2v) is 6.82. The maximum Gasteiger partial charge on any atom is 0.121 e. The highest BCUT2D eigenvalue weighted by molar-refractivity contribution is 7.11. The van der Waals surface area contributed by atoms with Gasteiger partial charge in [-0.25, -0.2) is 0 Å². The summed E-state index contributed by atoms with van der Waals surface area (Å²) in [6.07, 6.45) is 4.59. The van der Waals surface area contributed by atoms with Crippen LogP contribution in [0.3, 0.4) is 0 Å². The smallest absolute Gasteiger partial charge is 0.121 e. The molecule has 1 aromatic heterocycles. The number of aromatic nitrogens is 2. The fraction of sp³-hybridized carbons (Fsp3) is 0.500. The molecule has 0 amide bonds. The normalized spacial score (nSPS) is 14.7. The van der Waals surface area contributed by atoms with Crippen LogP contribution in [-0.4, -0.2) is 22.8 Å². The molecular formula is C16H21N3S. The van der Waals surface area contributed by atoms with Crippen molar-refractivity contribution in [3.8, 4) is 0 Å². The van der Waals surface area contributed by atoms with Crippen LogP contribution >= 0.6 is 11.3 Å². The molecule has 0 aliphatic heterocycles. The Morgan fingerprint density at radius 3 is 2.80 bits per heavy atom. The number of aryl methyl sites for hydroxylation is 2. The third-order valence-corrected chi connectivity index (χ3v) is 4.69. The zero-order valence-corrected chi connectivity index (χ0v) is 13.0. The molecule has 3 rings (SSSR count). The van der Waals surface area contributed by atoms with Crippen molar-refractivity contribution in [1.29, 1.82) is 0 Å². The predicted octanol–water partition coefficient (Wildman–Crippen LogP) is 3.04. The van der Waals surface area contributed by atoms with Gasteiger partial charge in [-0.2, -0.15) is 0 Å². The largest absolute Gasteiger partial charge is 0.314 e. The topological polar surface area (TPSA) is 37.8 Å². The average molecular weight is 287 g/mol. The molecule has 1 saturated carbocycles. The Kier molecular flexibility index (Phi) is 4.13. The van der Waals surface area contributed by atoms with Gasteiger partial charge in [0.25, 0.3) is 0 Å². The number of hydrogen-bond acceptors (Lipinski definition) is 4. The van der Waals surface area contributed by atoms with Gasteiger partial charge in [0.15, 0.2) is 0 Å². The van der Waals surface area contributed by atoms with Crippen LogP contribution in [0.5, 0.6) is 0 Å². The van der Waals surface area contributed by atoms with Crippen molar-refractivity contribution in [2.24, 2.45) is 0 Å². The van der Waals surface area contributed by atoms with Crippen molar-refractivity contribution in [1.82, 2.24) is 15.5 Å². The first-order valence-electron chi connectivity index (χ1n) is 7.31. The van der Waals surface area contributed by atoms with Crippen LogP contribution in [0.4, 0.5) is 0 Å². The number of hydrogen-bond donors (Lipinski definition) is 1. The van der Waals surface area contributed by atoms with E-state index in [0.29, 0.717) is 0 Å². The lowest BCUT2D eigenvalue weighted by Gasteiger charge is -2.04. The Bertz CT molecular complexity index is 587. The van der Waals surface area contributed by atoms with Crippen molar-refractivity contribution >= 4 is 11.3 Å². The predicted molar refractivity (Wildman–Crippen MR) is 83.4 cm³/mol. The molecule has 0 spiro atoms. The lowest BCUT2D eigenvalue weighted by molar-refractivity contribution is 0.677. The molecule has 0 radical (unpaired) electrons.